The summed E-state index contributed by atoms with van der Waals surface area (Å²) in [4.78, 5) is 47.7. The Hall–Kier alpha value is -2.90. The fraction of sp³-hybridized carbons (Fsp3) is 0.375. The zero-order chi connectivity index (χ0) is 18.1. The number of nitrogens with one attached hydrogen (secondary N) is 2. The quantitative estimate of drug-likeness (QED) is 0.680. The molecule has 0 saturated carbocycles. The van der Waals surface area contributed by atoms with Crippen molar-refractivity contribution in [3.63, 3.8) is 0 Å². The minimum atomic E-state index is -1.18. The van der Waals surface area contributed by atoms with Crippen molar-refractivity contribution in [3.8, 4) is 0 Å². The van der Waals surface area contributed by atoms with Gasteiger partial charge in [0.2, 0.25) is 0 Å². The zero-order valence-electron chi connectivity index (χ0n) is 13.6. The Labute approximate surface area is 138 Å². The lowest BCUT2D eigenvalue weighted by molar-refractivity contribution is -0.141. The van der Waals surface area contributed by atoms with E-state index in [-0.39, 0.29) is 12.5 Å². The van der Waals surface area contributed by atoms with Crippen molar-refractivity contribution < 1.29 is 24.3 Å². The summed E-state index contributed by atoms with van der Waals surface area (Å²) in [6, 6.07) is 5.70. The van der Waals surface area contributed by atoms with Crippen LogP contribution in [0.5, 0.6) is 0 Å². The summed E-state index contributed by atoms with van der Waals surface area (Å²) >= 11 is 0. The molecule has 0 aromatic heterocycles. The van der Waals surface area contributed by atoms with Crippen LogP contribution in [0.2, 0.25) is 0 Å². The lowest BCUT2D eigenvalue weighted by Gasteiger charge is -2.22. The molecule has 24 heavy (non-hydrogen) atoms. The number of carboxylic acids is 1. The van der Waals surface area contributed by atoms with Gasteiger partial charge >= 0.3 is 12.0 Å². The molecule has 1 aromatic rings. The average Bonchev–Trinajstić information content (AvgIpc) is 2.80. The highest BCUT2D eigenvalue weighted by Crippen LogP contribution is 2.24. The van der Waals surface area contributed by atoms with Gasteiger partial charge < -0.3 is 15.3 Å². The van der Waals surface area contributed by atoms with Gasteiger partial charge in [-0.05, 0) is 24.6 Å². The summed E-state index contributed by atoms with van der Waals surface area (Å²) in [7, 11) is 1.53. The van der Waals surface area contributed by atoms with Crippen molar-refractivity contribution in [2.75, 3.05) is 13.6 Å². The lowest BCUT2D eigenvalue weighted by atomic mass is 9.91. The highest BCUT2D eigenvalue weighted by Gasteiger charge is 2.43. The summed E-state index contributed by atoms with van der Waals surface area (Å²) in [6.45, 7) is 3.19. The molecule has 1 aromatic carbocycles. The number of hydrogen-bond donors (Lipinski definition) is 3. The first kappa shape index (κ1) is 17.5. The molecule has 1 heterocycles. The number of aliphatic carboxylic acids is 1. The van der Waals surface area contributed by atoms with Crippen LogP contribution < -0.4 is 10.6 Å². The van der Waals surface area contributed by atoms with E-state index >= 15 is 0 Å². The largest absolute Gasteiger partial charge is 0.481 e. The van der Waals surface area contributed by atoms with Crippen LogP contribution in [-0.4, -0.2) is 47.4 Å². The van der Waals surface area contributed by atoms with Crippen LogP contribution in [0.1, 0.15) is 29.8 Å². The van der Waals surface area contributed by atoms with E-state index in [2.05, 4.69) is 10.6 Å². The highest BCUT2D eigenvalue weighted by atomic mass is 16.4. The first-order valence-electron chi connectivity index (χ1n) is 7.37. The predicted molar refractivity (Wildman–Crippen MR) is 84.2 cm³/mol. The molecule has 8 nitrogen and oxygen atoms in total. The zero-order valence-corrected chi connectivity index (χ0v) is 13.6. The van der Waals surface area contributed by atoms with Crippen LogP contribution in [0.25, 0.3) is 0 Å². The summed E-state index contributed by atoms with van der Waals surface area (Å²) in [5, 5.41) is 13.6. The molecule has 2 rings (SSSR count). The molecule has 0 radical (unpaired) electrons. The fourth-order valence-corrected chi connectivity index (χ4v) is 2.48. The Bertz CT molecular complexity index is 700. The van der Waals surface area contributed by atoms with Crippen molar-refractivity contribution in [2.45, 2.75) is 19.4 Å². The molecule has 8 heteroatoms. The van der Waals surface area contributed by atoms with Gasteiger partial charge in [-0.15, -0.1) is 0 Å². The fourth-order valence-electron chi connectivity index (χ4n) is 2.48. The first-order chi connectivity index (χ1) is 11.1. The maximum absolute atomic E-state index is 12.3. The van der Waals surface area contributed by atoms with Gasteiger partial charge in [0.25, 0.3) is 11.8 Å². The summed E-state index contributed by atoms with van der Waals surface area (Å²) < 4.78 is 0. The SMILES string of the molecule is C[C@H](CN(C)C(=O)c1ccc([C@]2(C)NC(=O)NC2=O)cc1)C(=O)O. The summed E-state index contributed by atoms with van der Waals surface area (Å²) in [5.41, 5.74) is -0.265. The summed E-state index contributed by atoms with van der Waals surface area (Å²) in [6.07, 6.45) is 0. The van der Waals surface area contributed by atoms with Crippen molar-refractivity contribution in [3.05, 3.63) is 35.4 Å². The minimum absolute atomic E-state index is 0.0894. The maximum Gasteiger partial charge on any atom is 0.322 e. The number of urea groups is 1. The van der Waals surface area contributed by atoms with Gasteiger partial charge in [0.15, 0.2) is 0 Å². The molecule has 3 N–H and O–H groups in total. The topological polar surface area (TPSA) is 116 Å². The Morgan fingerprint density at radius 2 is 1.83 bits per heavy atom. The van der Waals surface area contributed by atoms with E-state index in [1.807, 2.05) is 0 Å². The van der Waals surface area contributed by atoms with E-state index in [4.69, 9.17) is 5.11 Å². The number of carbonyl (C=O) groups is 4. The Kier molecular flexibility index (Phi) is 4.59. The van der Waals surface area contributed by atoms with E-state index in [0.29, 0.717) is 11.1 Å². The second-order valence-electron chi connectivity index (χ2n) is 6.04. The molecular weight excluding hydrogens is 314 g/mol. The molecule has 2 atom stereocenters. The Morgan fingerprint density at radius 1 is 1.25 bits per heavy atom. The van der Waals surface area contributed by atoms with E-state index in [1.54, 1.807) is 31.2 Å². The monoisotopic (exact) mass is 333 g/mol. The van der Waals surface area contributed by atoms with E-state index < -0.39 is 29.4 Å². The third-order valence-corrected chi connectivity index (χ3v) is 4.07. The number of benzene rings is 1. The van der Waals surface area contributed by atoms with Gasteiger partial charge in [-0.2, -0.15) is 0 Å². The van der Waals surface area contributed by atoms with Crippen LogP contribution in [0.15, 0.2) is 24.3 Å². The van der Waals surface area contributed by atoms with Crippen molar-refractivity contribution >= 4 is 23.8 Å². The number of rotatable bonds is 5. The maximum atomic E-state index is 12.3. The van der Waals surface area contributed by atoms with Crippen molar-refractivity contribution in [1.29, 1.82) is 0 Å². The van der Waals surface area contributed by atoms with Crippen molar-refractivity contribution in [2.24, 2.45) is 5.92 Å². The number of imide groups is 1. The Morgan fingerprint density at radius 3 is 2.29 bits per heavy atom. The number of amides is 4. The average molecular weight is 333 g/mol. The Balaban J connectivity index is 2.14. The second kappa shape index (κ2) is 6.31. The molecule has 1 saturated heterocycles. The smallest absolute Gasteiger partial charge is 0.322 e. The van der Waals surface area contributed by atoms with E-state index in [9.17, 15) is 19.2 Å². The van der Waals surface area contributed by atoms with Crippen LogP contribution in [0.3, 0.4) is 0 Å². The molecule has 1 aliphatic heterocycles. The van der Waals surface area contributed by atoms with Gasteiger partial charge in [0.05, 0.1) is 5.92 Å². The molecule has 0 spiro atoms. The van der Waals surface area contributed by atoms with E-state index in [0.717, 1.165) is 0 Å². The molecule has 0 aliphatic carbocycles. The molecule has 0 bridgehead atoms. The molecule has 1 fully saturated rings. The van der Waals surface area contributed by atoms with Gasteiger partial charge in [0.1, 0.15) is 5.54 Å². The molecular formula is C16H19N3O5. The molecule has 1 aliphatic rings. The molecule has 0 unspecified atom stereocenters. The standard InChI is InChI=1S/C16H19N3O5/c1-9(13(21)22)8-19(3)12(20)10-4-6-11(7-5-10)16(2)14(23)17-15(24)18-16/h4-7,9H,8H2,1-3H3,(H,21,22)(H2,17,18,23,24)/t9-,16+/m1/s1. The van der Waals surface area contributed by atoms with Gasteiger partial charge in [-0.1, -0.05) is 19.1 Å². The lowest BCUT2D eigenvalue weighted by Crippen LogP contribution is -2.40. The minimum Gasteiger partial charge on any atom is -0.481 e. The third-order valence-electron chi connectivity index (χ3n) is 4.07. The third kappa shape index (κ3) is 3.22. The molecule has 128 valence electrons. The van der Waals surface area contributed by atoms with Crippen LogP contribution in [-0.2, 0) is 15.1 Å². The number of carbonyl (C=O) groups excluding carboxylic acids is 3. The first-order valence-corrected chi connectivity index (χ1v) is 7.37. The van der Waals surface area contributed by atoms with Gasteiger partial charge in [-0.25, -0.2) is 4.79 Å². The number of hydrogen-bond acceptors (Lipinski definition) is 4. The van der Waals surface area contributed by atoms with Crippen LogP contribution >= 0.6 is 0 Å². The van der Waals surface area contributed by atoms with Crippen molar-refractivity contribution in [1.82, 2.24) is 15.5 Å². The van der Waals surface area contributed by atoms with Gasteiger partial charge in [-0.3, -0.25) is 19.7 Å². The molecule has 4 amide bonds. The van der Waals surface area contributed by atoms with E-state index in [1.165, 1.54) is 18.9 Å². The van der Waals surface area contributed by atoms with Gasteiger partial charge in [0, 0.05) is 19.2 Å². The van der Waals surface area contributed by atoms with Crippen LogP contribution in [0, 0.1) is 5.92 Å². The normalized spacial score (nSPS) is 21.0. The van der Waals surface area contributed by atoms with Crippen LogP contribution in [0.4, 0.5) is 4.79 Å². The highest BCUT2D eigenvalue weighted by molar-refractivity contribution is 6.07. The number of carboxylic acid groups (broad SMARTS) is 1. The predicted octanol–water partition coefficient (Wildman–Crippen LogP) is 0.534. The summed E-state index contributed by atoms with van der Waals surface area (Å²) in [5.74, 6) is -2.42. The second-order valence-corrected chi connectivity index (χ2v) is 6.04. The number of nitrogens with zero attached hydrogens (tertiary/aromatic N) is 1.